The Balaban J connectivity index is 1.49. The Morgan fingerprint density at radius 2 is 1.70 bits per heavy atom. The lowest BCUT2D eigenvalue weighted by molar-refractivity contribution is -0.137. The van der Waals surface area contributed by atoms with Crippen LogP contribution >= 0.6 is 0 Å². The van der Waals surface area contributed by atoms with Gasteiger partial charge in [-0.2, -0.15) is 13.2 Å². The van der Waals surface area contributed by atoms with Gasteiger partial charge in [-0.1, -0.05) is 6.07 Å². The van der Waals surface area contributed by atoms with E-state index in [9.17, 15) is 22.8 Å². The van der Waals surface area contributed by atoms with E-state index in [0.29, 0.717) is 17.0 Å². The molecule has 30 heavy (non-hydrogen) atoms. The van der Waals surface area contributed by atoms with Crippen LogP contribution in [0.1, 0.15) is 21.7 Å². The highest BCUT2D eigenvalue weighted by Crippen LogP contribution is 2.30. The molecule has 0 aliphatic carbocycles. The van der Waals surface area contributed by atoms with Gasteiger partial charge in [-0.15, -0.1) is 0 Å². The lowest BCUT2D eigenvalue weighted by Crippen LogP contribution is -2.23. The minimum atomic E-state index is -4.45. The number of benzene rings is 2. The molecular formula is C21H18F3N3O3. The Morgan fingerprint density at radius 3 is 2.37 bits per heavy atom. The molecule has 0 saturated heterocycles. The second kappa shape index (κ2) is 9.17. The van der Waals surface area contributed by atoms with E-state index in [-0.39, 0.29) is 24.7 Å². The summed E-state index contributed by atoms with van der Waals surface area (Å²) in [5.41, 5.74) is 0.243. The number of alkyl halides is 3. The third-order valence-electron chi connectivity index (χ3n) is 4.08. The largest absolute Gasteiger partial charge is 0.467 e. The van der Waals surface area contributed by atoms with Gasteiger partial charge in [0.2, 0.25) is 5.91 Å². The number of anilines is 2. The highest BCUT2D eigenvalue weighted by Gasteiger charge is 2.30. The fraction of sp³-hybridized carbons (Fsp3) is 0.143. The molecule has 0 bridgehead atoms. The van der Waals surface area contributed by atoms with Crippen molar-refractivity contribution in [2.45, 2.75) is 12.7 Å². The van der Waals surface area contributed by atoms with Crippen molar-refractivity contribution < 1.29 is 27.2 Å². The van der Waals surface area contributed by atoms with E-state index in [4.69, 9.17) is 4.42 Å². The molecule has 156 valence electrons. The van der Waals surface area contributed by atoms with Gasteiger partial charge in [0.25, 0.3) is 5.91 Å². The molecule has 0 saturated carbocycles. The average Bonchev–Trinajstić information content (AvgIpc) is 3.24. The molecular weight excluding hydrogens is 399 g/mol. The third kappa shape index (κ3) is 5.87. The topological polar surface area (TPSA) is 83.4 Å². The molecule has 0 unspecified atom stereocenters. The van der Waals surface area contributed by atoms with E-state index < -0.39 is 17.6 Å². The third-order valence-corrected chi connectivity index (χ3v) is 4.08. The Labute approximate surface area is 170 Å². The molecule has 2 amide bonds. The smallest absolute Gasteiger partial charge is 0.416 e. The lowest BCUT2D eigenvalue weighted by atomic mass is 10.2. The lowest BCUT2D eigenvalue weighted by Gasteiger charge is -2.11. The highest BCUT2D eigenvalue weighted by atomic mass is 19.4. The Morgan fingerprint density at radius 1 is 0.933 bits per heavy atom. The number of nitrogens with one attached hydrogen (secondary N) is 3. The van der Waals surface area contributed by atoms with Crippen molar-refractivity contribution in [3.8, 4) is 0 Å². The summed E-state index contributed by atoms with van der Waals surface area (Å²) in [5, 5.41) is 7.96. The van der Waals surface area contributed by atoms with E-state index in [1.54, 1.807) is 36.4 Å². The van der Waals surface area contributed by atoms with Gasteiger partial charge < -0.3 is 20.4 Å². The Hall–Kier alpha value is -3.75. The van der Waals surface area contributed by atoms with Crippen LogP contribution in [-0.2, 0) is 17.5 Å². The van der Waals surface area contributed by atoms with Crippen molar-refractivity contribution in [2.75, 3.05) is 17.2 Å². The standard InChI is InChI=1S/C21H18F3N3O3/c22-21(23,24)15-3-1-4-17(11-15)25-13-19(28)27-16-8-6-14(7-9-16)20(29)26-12-18-5-2-10-30-18/h1-11,25H,12-13H2,(H,26,29)(H,27,28). The number of carbonyl (C=O) groups excluding carboxylic acids is 2. The number of amides is 2. The number of carbonyl (C=O) groups is 2. The number of hydrogen-bond donors (Lipinski definition) is 3. The van der Waals surface area contributed by atoms with E-state index >= 15 is 0 Å². The second-order valence-corrected chi connectivity index (χ2v) is 6.32. The van der Waals surface area contributed by atoms with Gasteiger partial charge in [-0.25, -0.2) is 0 Å². The maximum atomic E-state index is 12.7. The molecule has 0 atom stereocenters. The molecule has 3 N–H and O–H groups in total. The summed E-state index contributed by atoms with van der Waals surface area (Å²) in [6, 6.07) is 14.3. The fourth-order valence-corrected chi connectivity index (χ4v) is 2.58. The number of rotatable bonds is 7. The van der Waals surface area contributed by atoms with E-state index in [2.05, 4.69) is 16.0 Å². The number of hydrogen-bond acceptors (Lipinski definition) is 4. The Bertz CT molecular complexity index is 1000. The van der Waals surface area contributed by atoms with Crippen LogP contribution in [0, 0.1) is 0 Å². The predicted octanol–water partition coefficient (Wildman–Crippen LogP) is 4.28. The van der Waals surface area contributed by atoms with Crippen LogP contribution in [0.2, 0.25) is 0 Å². The van der Waals surface area contributed by atoms with Gasteiger partial charge >= 0.3 is 6.18 Å². The van der Waals surface area contributed by atoms with Gasteiger partial charge in [-0.05, 0) is 54.6 Å². The summed E-state index contributed by atoms with van der Waals surface area (Å²) >= 11 is 0. The van der Waals surface area contributed by atoms with Crippen molar-refractivity contribution in [3.05, 3.63) is 83.8 Å². The molecule has 1 aromatic heterocycles. The maximum absolute atomic E-state index is 12.7. The van der Waals surface area contributed by atoms with Crippen molar-refractivity contribution in [1.82, 2.24) is 5.32 Å². The van der Waals surface area contributed by atoms with E-state index in [0.717, 1.165) is 12.1 Å². The summed E-state index contributed by atoms with van der Waals surface area (Å²) in [6.45, 7) is 0.0399. The molecule has 3 aromatic rings. The van der Waals surface area contributed by atoms with Crippen LogP contribution < -0.4 is 16.0 Å². The van der Waals surface area contributed by atoms with Gasteiger partial charge in [0.1, 0.15) is 5.76 Å². The van der Waals surface area contributed by atoms with Crippen molar-refractivity contribution in [2.24, 2.45) is 0 Å². The summed E-state index contributed by atoms with van der Waals surface area (Å²) in [6.07, 6.45) is -2.94. The summed E-state index contributed by atoms with van der Waals surface area (Å²) in [5.74, 6) is -0.113. The fourth-order valence-electron chi connectivity index (χ4n) is 2.58. The minimum absolute atomic E-state index is 0.184. The minimum Gasteiger partial charge on any atom is -0.467 e. The monoisotopic (exact) mass is 417 g/mol. The summed E-state index contributed by atoms with van der Waals surface area (Å²) in [7, 11) is 0. The van der Waals surface area contributed by atoms with Crippen molar-refractivity contribution >= 4 is 23.2 Å². The predicted molar refractivity (Wildman–Crippen MR) is 105 cm³/mol. The zero-order valence-corrected chi connectivity index (χ0v) is 15.6. The first kappa shape index (κ1) is 21.0. The first-order chi connectivity index (χ1) is 14.3. The first-order valence-electron chi connectivity index (χ1n) is 8.93. The van der Waals surface area contributed by atoms with Crippen LogP contribution in [0.4, 0.5) is 24.5 Å². The molecule has 0 radical (unpaired) electrons. The quantitative estimate of drug-likeness (QED) is 0.536. The second-order valence-electron chi connectivity index (χ2n) is 6.32. The molecule has 0 aliphatic rings. The molecule has 2 aromatic carbocycles. The molecule has 0 aliphatic heterocycles. The van der Waals surface area contributed by atoms with Crippen LogP contribution in [0.5, 0.6) is 0 Å². The van der Waals surface area contributed by atoms with Crippen LogP contribution in [0.3, 0.4) is 0 Å². The van der Waals surface area contributed by atoms with Crippen LogP contribution in [-0.4, -0.2) is 18.4 Å². The molecule has 9 heteroatoms. The number of halogens is 3. The summed E-state index contributed by atoms with van der Waals surface area (Å²) in [4.78, 5) is 24.1. The van der Waals surface area contributed by atoms with Gasteiger partial charge in [-0.3, -0.25) is 9.59 Å². The summed E-state index contributed by atoms with van der Waals surface area (Å²) < 4.78 is 43.3. The van der Waals surface area contributed by atoms with Crippen LogP contribution in [0.25, 0.3) is 0 Å². The Kier molecular flexibility index (Phi) is 6.41. The first-order valence-corrected chi connectivity index (χ1v) is 8.93. The van der Waals surface area contributed by atoms with Gasteiger partial charge in [0.15, 0.2) is 0 Å². The maximum Gasteiger partial charge on any atom is 0.416 e. The van der Waals surface area contributed by atoms with E-state index in [1.165, 1.54) is 18.4 Å². The van der Waals surface area contributed by atoms with E-state index in [1.807, 2.05) is 0 Å². The van der Waals surface area contributed by atoms with Crippen molar-refractivity contribution in [3.63, 3.8) is 0 Å². The van der Waals surface area contributed by atoms with Crippen molar-refractivity contribution in [1.29, 1.82) is 0 Å². The zero-order valence-electron chi connectivity index (χ0n) is 15.6. The van der Waals surface area contributed by atoms with Gasteiger partial charge in [0, 0.05) is 16.9 Å². The molecule has 1 heterocycles. The molecule has 0 spiro atoms. The molecule has 6 nitrogen and oxygen atoms in total. The van der Waals surface area contributed by atoms with Crippen LogP contribution in [0.15, 0.2) is 71.3 Å². The average molecular weight is 417 g/mol. The van der Waals surface area contributed by atoms with Gasteiger partial charge in [0.05, 0.1) is 24.9 Å². The highest BCUT2D eigenvalue weighted by molar-refractivity contribution is 5.96. The number of furan rings is 1. The SMILES string of the molecule is O=C(CNc1cccc(C(F)(F)F)c1)Nc1ccc(C(=O)NCc2ccco2)cc1. The zero-order chi connectivity index (χ0) is 21.6. The molecule has 0 fully saturated rings. The normalized spacial score (nSPS) is 11.0. The molecule has 3 rings (SSSR count).